The van der Waals surface area contributed by atoms with E-state index in [0.717, 1.165) is 34.4 Å². The SMILES string of the molecule is CC1CCCC(CCNCc2cc(Br)ccc2Cl)C1. The van der Waals surface area contributed by atoms with Crippen LogP contribution >= 0.6 is 27.5 Å². The molecule has 1 saturated carbocycles. The van der Waals surface area contributed by atoms with Crippen LogP contribution in [0.4, 0.5) is 0 Å². The van der Waals surface area contributed by atoms with Crippen molar-refractivity contribution in [2.24, 2.45) is 11.8 Å². The van der Waals surface area contributed by atoms with Crippen molar-refractivity contribution in [1.29, 1.82) is 0 Å². The third kappa shape index (κ3) is 5.09. The molecular formula is C16H23BrClN. The highest BCUT2D eigenvalue weighted by Gasteiger charge is 2.18. The fourth-order valence-electron chi connectivity index (χ4n) is 3.03. The summed E-state index contributed by atoms with van der Waals surface area (Å²) in [6.45, 7) is 4.35. The van der Waals surface area contributed by atoms with Crippen LogP contribution in [-0.4, -0.2) is 6.54 Å². The molecule has 2 atom stereocenters. The summed E-state index contributed by atoms with van der Waals surface area (Å²) in [5, 5.41) is 4.38. The highest BCUT2D eigenvalue weighted by molar-refractivity contribution is 9.10. The quantitative estimate of drug-likeness (QED) is 0.704. The van der Waals surface area contributed by atoms with Gasteiger partial charge >= 0.3 is 0 Å². The van der Waals surface area contributed by atoms with Crippen molar-refractivity contribution < 1.29 is 0 Å². The molecule has 1 nitrogen and oxygen atoms in total. The first kappa shape index (κ1) is 15.3. The van der Waals surface area contributed by atoms with Gasteiger partial charge in [-0.25, -0.2) is 0 Å². The van der Waals surface area contributed by atoms with Gasteiger partial charge in [-0.15, -0.1) is 0 Å². The Labute approximate surface area is 130 Å². The van der Waals surface area contributed by atoms with E-state index in [1.807, 2.05) is 12.1 Å². The number of rotatable bonds is 5. The molecule has 1 aliphatic rings. The summed E-state index contributed by atoms with van der Waals surface area (Å²) in [5.74, 6) is 1.85. The molecule has 0 heterocycles. The largest absolute Gasteiger partial charge is 0.313 e. The minimum atomic E-state index is 0.849. The number of hydrogen-bond donors (Lipinski definition) is 1. The molecule has 19 heavy (non-hydrogen) atoms. The minimum absolute atomic E-state index is 0.849. The maximum atomic E-state index is 6.18. The van der Waals surface area contributed by atoms with Crippen molar-refractivity contribution in [1.82, 2.24) is 5.32 Å². The molecule has 1 fully saturated rings. The number of benzene rings is 1. The van der Waals surface area contributed by atoms with Crippen LogP contribution in [0.1, 0.15) is 44.6 Å². The Hall–Kier alpha value is -0.0500. The summed E-state index contributed by atoms with van der Waals surface area (Å²) in [5.41, 5.74) is 1.17. The van der Waals surface area contributed by atoms with Crippen LogP contribution in [0.3, 0.4) is 0 Å². The van der Waals surface area contributed by atoms with Gasteiger partial charge in [0.2, 0.25) is 0 Å². The third-order valence-corrected chi connectivity index (χ3v) is 4.96. The van der Waals surface area contributed by atoms with E-state index in [0.29, 0.717) is 0 Å². The standard InChI is InChI=1S/C16H23BrClN/c1-12-3-2-4-13(9-12)7-8-19-11-14-10-15(17)5-6-16(14)18/h5-6,10,12-13,19H,2-4,7-9,11H2,1H3. The molecule has 3 heteroatoms. The Bertz CT molecular complexity index is 408. The van der Waals surface area contributed by atoms with Crippen molar-refractivity contribution in [2.45, 2.75) is 45.6 Å². The van der Waals surface area contributed by atoms with E-state index in [1.165, 1.54) is 37.7 Å². The van der Waals surface area contributed by atoms with Crippen LogP contribution in [0, 0.1) is 11.8 Å². The minimum Gasteiger partial charge on any atom is -0.313 e. The predicted molar refractivity (Wildman–Crippen MR) is 86.6 cm³/mol. The molecule has 0 aliphatic heterocycles. The van der Waals surface area contributed by atoms with Gasteiger partial charge in [0.05, 0.1) is 0 Å². The second-order valence-electron chi connectivity index (χ2n) is 5.84. The molecule has 0 bridgehead atoms. The Morgan fingerprint density at radius 2 is 2.21 bits per heavy atom. The molecule has 1 aromatic rings. The summed E-state index contributed by atoms with van der Waals surface area (Å²) in [6, 6.07) is 6.03. The molecule has 1 aliphatic carbocycles. The molecule has 0 saturated heterocycles. The Morgan fingerprint density at radius 3 is 3.00 bits per heavy atom. The topological polar surface area (TPSA) is 12.0 Å². The van der Waals surface area contributed by atoms with Crippen LogP contribution in [0.25, 0.3) is 0 Å². The summed E-state index contributed by atoms with van der Waals surface area (Å²) in [6.07, 6.45) is 6.99. The lowest BCUT2D eigenvalue weighted by Crippen LogP contribution is -2.21. The molecule has 106 valence electrons. The van der Waals surface area contributed by atoms with E-state index < -0.39 is 0 Å². The molecule has 0 spiro atoms. The van der Waals surface area contributed by atoms with E-state index in [2.05, 4.69) is 34.2 Å². The Kier molecular flexibility index (Phi) is 6.18. The van der Waals surface area contributed by atoms with Crippen molar-refractivity contribution in [3.05, 3.63) is 33.3 Å². The van der Waals surface area contributed by atoms with E-state index >= 15 is 0 Å². The van der Waals surface area contributed by atoms with E-state index in [1.54, 1.807) is 0 Å². The van der Waals surface area contributed by atoms with E-state index in [-0.39, 0.29) is 0 Å². The average molecular weight is 345 g/mol. The molecule has 0 aromatic heterocycles. The van der Waals surface area contributed by atoms with Crippen molar-refractivity contribution in [3.63, 3.8) is 0 Å². The van der Waals surface area contributed by atoms with Crippen LogP contribution in [0.5, 0.6) is 0 Å². The monoisotopic (exact) mass is 343 g/mol. The molecule has 0 amide bonds. The zero-order valence-electron chi connectivity index (χ0n) is 11.6. The molecule has 2 unspecified atom stereocenters. The average Bonchev–Trinajstić information content (AvgIpc) is 2.39. The lowest BCUT2D eigenvalue weighted by molar-refractivity contribution is 0.267. The summed E-state index contributed by atoms with van der Waals surface area (Å²) in [4.78, 5) is 0. The first-order chi connectivity index (χ1) is 9.15. The van der Waals surface area contributed by atoms with Gasteiger partial charge in [0.1, 0.15) is 0 Å². The molecule has 1 aromatic carbocycles. The predicted octanol–water partition coefficient (Wildman–Crippen LogP) is 5.41. The van der Waals surface area contributed by atoms with Gasteiger partial charge in [-0.1, -0.05) is 53.7 Å². The van der Waals surface area contributed by atoms with Gasteiger partial charge in [-0.05, 0) is 55.0 Å². The maximum Gasteiger partial charge on any atom is 0.0451 e. The van der Waals surface area contributed by atoms with Gasteiger partial charge in [-0.2, -0.15) is 0 Å². The highest BCUT2D eigenvalue weighted by atomic mass is 79.9. The second-order valence-corrected chi connectivity index (χ2v) is 7.16. The second kappa shape index (κ2) is 7.66. The fourth-order valence-corrected chi connectivity index (χ4v) is 3.62. The molecule has 1 N–H and O–H groups in total. The van der Waals surface area contributed by atoms with Gasteiger partial charge in [0.25, 0.3) is 0 Å². The molecular weight excluding hydrogens is 322 g/mol. The first-order valence-electron chi connectivity index (χ1n) is 7.30. The van der Waals surface area contributed by atoms with Crippen LogP contribution < -0.4 is 5.32 Å². The van der Waals surface area contributed by atoms with Crippen LogP contribution in [-0.2, 0) is 6.54 Å². The zero-order valence-corrected chi connectivity index (χ0v) is 13.9. The van der Waals surface area contributed by atoms with Gasteiger partial charge in [-0.3, -0.25) is 0 Å². The van der Waals surface area contributed by atoms with Crippen molar-refractivity contribution >= 4 is 27.5 Å². The number of hydrogen-bond acceptors (Lipinski definition) is 1. The van der Waals surface area contributed by atoms with E-state index in [4.69, 9.17) is 11.6 Å². The Morgan fingerprint density at radius 1 is 1.37 bits per heavy atom. The summed E-state index contributed by atoms with van der Waals surface area (Å²) >= 11 is 9.67. The normalized spacial score (nSPS) is 23.5. The molecule has 2 rings (SSSR count). The summed E-state index contributed by atoms with van der Waals surface area (Å²) in [7, 11) is 0. The fraction of sp³-hybridized carbons (Fsp3) is 0.625. The molecule has 0 radical (unpaired) electrons. The van der Waals surface area contributed by atoms with Crippen molar-refractivity contribution in [2.75, 3.05) is 6.54 Å². The van der Waals surface area contributed by atoms with Crippen molar-refractivity contribution in [3.8, 4) is 0 Å². The third-order valence-electron chi connectivity index (χ3n) is 4.10. The number of halogens is 2. The highest BCUT2D eigenvalue weighted by Crippen LogP contribution is 2.30. The van der Waals surface area contributed by atoms with Gasteiger partial charge in [0.15, 0.2) is 0 Å². The van der Waals surface area contributed by atoms with E-state index in [9.17, 15) is 0 Å². The smallest absolute Gasteiger partial charge is 0.0451 e. The lowest BCUT2D eigenvalue weighted by atomic mass is 9.81. The lowest BCUT2D eigenvalue weighted by Gasteiger charge is -2.26. The van der Waals surface area contributed by atoms with Crippen LogP contribution in [0.2, 0.25) is 5.02 Å². The Balaban J connectivity index is 1.70. The maximum absolute atomic E-state index is 6.18. The summed E-state index contributed by atoms with van der Waals surface area (Å²) < 4.78 is 1.09. The van der Waals surface area contributed by atoms with Gasteiger partial charge < -0.3 is 5.32 Å². The van der Waals surface area contributed by atoms with Crippen LogP contribution in [0.15, 0.2) is 22.7 Å². The first-order valence-corrected chi connectivity index (χ1v) is 8.47. The number of nitrogens with one attached hydrogen (secondary N) is 1. The zero-order chi connectivity index (χ0) is 13.7. The van der Waals surface area contributed by atoms with Gasteiger partial charge in [0, 0.05) is 16.0 Å².